The number of fused-ring (bicyclic) bond motifs is 9. The van der Waals surface area contributed by atoms with Gasteiger partial charge in [-0.25, -0.2) is 0 Å². The van der Waals surface area contributed by atoms with E-state index in [1.165, 1.54) is 27.6 Å². The minimum atomic E-state index is -0.450. The molecule has 204 valence electrons. The largest absolute Gasteiger partial charge is 0.309 e. The molecule has 7 aromatic carbocycles. The van der Waals surface area contributed by atoms with Crippen LogP contribution in [0.15, 0.2) is 133 Å². The van der Waals surface area contributed by atoms with Gasteiger partial charge in [0.2, 0.25) is 0 Å². The Kier molecular flexibility index (Phi) is 3.58. The molecule has 0 amide bonds. The number of benzene rings is 7. The molecule has 0 atom stereocenters. The molecule has 1 heterocycles. The van der Waals surface area contributed by atoms with Crippen molar-refractivity contribution < 1.29 is 11.0 Å². The van der Waals surface area contributed by atoms with Crippen molar-refractivity contribution in [1.29, 1.82) is 0 Å². The molecule has 0 N–H and O–H groups in total. The van der Waals surface area contributed by atoms with Crippen molar-refractivity contribution >= 4 is 43.4 Å². The maximum absolute atomic E-state index is 8.84. The van der Waals surface area contributed by atoms with Crippen LogP contribution >= 0.6 is 0 Å². The van der Waals surface area contributed by atoms with E-state index in [9.17, 15) is 0 Å². The van der Waals surface area contributed by atoms with Crippen LogP contribution in [0.25, 0.3) is 82.4 Å². The summed E-state index contributed by atoms with van der Waals surface area (Å²) >= 11 is 0. The Morgan fingerprint density at radius 2 is 0.977 bits per heavy atom. The first-order valence-electron chi connectivity index (χ1n) is 18.5. The number of para-hydroxylation sites is 2. The summed E-state index contributed by atoms with van der Waals surface area (Å²) in [5, 5.41) is 4.37. The van der Waals surface area contributed by atoms with Gasteiger partial charge in [0.05, 0.1) is 22.0 Å². The van der Waals surface area contributed by atoms with Crippen molar-refractivity contribution in [2.75, 3.05) is 0 Å². The molecule has 1 aliphatic carbocycles. The second-order valence-corrected chi connectivity index (χ2v) is 12.5. The standard InChI is InChI=1S/C42H31N/c1-42(2,3)32-17-14-26(15-18-32)27-12-13-28-22-36-38(24-30(28)20-27)37-23-29-16-19-33(21-31(29)25-39(36)37)43-40-10-6-4-8-34(40)35-9-5-7-11-41(35)43/h4-25H,1-3H3/i4D,5D,6D,7D,8D,9D,10D,11D. The van der Waals surface area contributed by atoms with E-state index in [4.69, 9.17) is 11.0 Å². The van der Waals surface area contributed by atoms with Crippen molar-refractivity contribution in [2.24, 2.45) is 0 Å². The average molecular weight is 558 g/mol. The summed E-state index contributed by atoms with van der Waals surface area (Å²) < 4.78 is 70.2. The van der Waals surface area contributed by atoms with Crippen LogP contribution in [0, 0.1) is 0 Å². The zero-order valence-electron chi connectivity index (χ0n) is 32.0. The van der Waals surface area contributed by atoms with Crippen molar-refractivity contribution in [2.45, 2.75) is 26.2 Å². The quantitative estimate of drug-likeness (QED) is 0.199. The van der Waals surface area contributed by atoms with Gasteiger partial charge in [0, 0.05) is 16.5 Å². The van der Waals surface area contributed by atoms with Crippen LogP contribution in [0.5, 0.6) is 0 Å². The lowest BCUT2D eigenvalue weighted by Crippen LogP contribution is -2.10. The van der Waals surface area contributed by atoms with E-state index in [2.05, 4.69) is 87.5 Å². The second kappa shape index (κ2) is 8.69. The molecule has 0 bridgehead atoms. The molecule has 0 aliphatic heterocycles. The van der Waals surface area contributed by atoms with Gasteiger partial charge in [-0.05, 0) is 120 Å². The van der Waals surface area contributed by atoms with Gasteiger partial charge < -0.3 is 4.57 Å². The molecule has 0 saturated heterocycles. The molecule has 1 aliphatic rings. The third kappa shape index (κ3) is 3.64. The summed E-state index contributed by atoms with van der Waals surface area (Å²) in [4.78, 5) is 0. The van der Waals surface area contributed by atoms with Gasteiger partial charge in [-0.1, -0.05) is 99.5 Å². The first-order valence-corrected chi connectivity index (χ1v) is 14.5. The summed E-state index contributed by atoms with van der Waals surface area (Å²) in [7, 11) is 0. The van der Waals surface area contributed by atoms with E-state index in [-0.39, 0.29) is 51.4 Å². The fourth-order valence-electron chi connectivity index (χ4n) is 6.57. The van der Waals surface area contributed by atoms with Crippen LogP contribution in [0.1, 0.15) is 37.3 Å². The average Bonchev–Trinajstić information content (AvgIpc) is 3.49. The highest BCUT2D eigenvalue weighted by atomic mass is 15.0. The van der Waals surface area contributed by atoms with Gasteiger partial charge in [0.25, 0.3) is 0 Å². The Balaban J connectivity index is 1.19. The van der Waals surface area contributed by atoms with E-state index in [0.29, 0.717) is 5.69 Å². The van der Waals surface area contributed by atoms with E-state index in [1.807, 2.05) is 18.2 Å². The first-order chi connectivity index (χ1) is 24.2. The van der Waals surface area contributed by atoms with Crippen LogP contribution in [0.2, 0.25) is 0 Å². The number of nitrogens with zero attached hydrogens (tertiary/aromatic N) is 1. The van der Waals surface area contributed by atoms with Crippen molar-refractivity contribution in [3.63, 3.8) is 0 Å². The summed E-state index contributed by atoms with van der Waals surface area (Å²) in [5.41, 5.74) is 9.17. The first kappa shape index (κ1) is 17.7. The summed E-state index contributed by atoms with van der Waals surface area (Å²) in [6, 6.07) is 26.9. The molecule has 1 aromatic heterocycles. The number of hydrogen-bond acceptors (Lipinski definition) is 0. The van der Waals surface area contributed by atoms with Gasteiger partial charge in [0.15, 0.2) is 0 Å². The SMILES string of the molecule is [2H]c1c([2H])c([2H])c2c(c1[2H])c1c([2H])c([2H])c([2H])c([2H])c1n2-c1ccc2cc3c(cc2c1)-c1cc2ccc(-c4ccc(C(C)(C)C)cc4)cc2cc1-3. The van der Waals surface area contributed by atoms with Gasteiger partial charge in [-0.3, -0.25) is 0 Å². The van der Waals surface area contributed by atoms with E-state index in [0.717, 1.165) is 32.8 Å². The summed E-state index contributed by atoms with van der Waals surface area (Å²) in [6.07, 6.45) is 0. The Hall–Kier alpha value is -5.14. The Bertz CT molecular complexity index is 2780. The smallest absolute Gasteiger partial charge is 0.0645 e. The topological polar surface area (TPSA) is 4.93 Å². The minimum Gasteiger partial charge on any atom is -0.309 e. The van der Waals surface area contributed by atoms with Crippen molar-refractivity contribution in [3.8, 4) is 39.1 Å². The number of aromatic nitrogens is 1. The van der Waals surface area contributed by atoms with E-state index in [1.54, 1.807) is 4.57 Å². The highest BCUT2D eigenvalue weighted by molar-refractivity contribution is 6.13. The molecule has 0 unspecified atom stereocenters. The van der Waals surface area contributed by atoms with Crippen LogP contribution in [-0.4, -0.2) is 4.57 Å². The Morgan fingerprint density at radius 1 is 0.488 bits per heavy atom. The molecule has 1 nitrogen and oxygen atoms in total. The van der Waals surface area contributed by atoms with Gasteiger partial charge in [-0.2, -0.15) is 0 Å². The molecule has 43 heavy (non-hydrogen) atoms. The van der Waals surface area contributed by atoms with Gasteiger partial charge in [-0.15, -0.1) is 0 Å². The Labute approximate surface area is 262 Å². The van der Waals surface area contributed by atoms with E-state index >= 15 is 0 Å². The molecule has 0 fully saturated rings. The molecule has 8 aromatic rings. The lowest BCUT2D eigenvalue weighted by atomic mass is 9.77. The predicted octanol–water partition coefficient (Wildman–Crippen LogP) is 11.7. The van der Waals surface area contributed by atoms with E-state index < -0.39 is 24.2 Å². The minimum absolute atomic E-state index is 0.0751. The van der Waals surface area contributed by atoms with Crippen LogP contribution in [-0.2, 0) is 5.41 Å². The van der Waals surface area contributed by atoms with Crippen LogP contribution in [0.4, 0.5) is 0 Å². The van der Waals surface area contributed by atoms with Crippen molar-refractivity contribution in [3.05, 3.63) is 139 Å². The zero-order valence-corrected chi connectivity index (χ0v) is 24.0. The molecular weight excluding hydrogens is 518 g/mol. The lowest BCUT2D eigenvalue weighted by Gasteiger charge is -2.26. The summed E-state index contributed by atoms with van der Waals surface area (Å²) in [5.74, 6) is 0. The number of rotatable bonds is 2. The second-order valence-electron chi connectivity index (χ2n) is 12.5. The maximum Gasteiger partial charge on any atom is 0.0645 e. The van der Waals surface area contributed by atoms with Gasteiger partial charge in [0.1, 0.15) is 0 Å². The monoisotopic (exact) mass is 557 g/mol. The molecule has 1 heteroatoms. The van der Waals surface area contributed by atoms with Crippen LogP contribution < -0.4 is 0 Å². The normalized spacial score (nSPS) is 15.1. The fraction of sp³-hybridized carbons (Fsp3) is 0.0952. The Morgan fingerprint density at radius 3 is 1.56 bits per heavy atom. The van der Waals surface area contributed by atoms with Gasteiger partial charge >= 0.3 is 0 Å². The predicted molar refractivity (Wildman–Crippen MR) is 184 cm³/mol. The zero-order chi connectivity index (χ0) is 35.8. The van der Waals surface area contributed by atoms with Crippen LogP contribution in [0.3, 0.4) is 0 Å². The number of hydrogen-bond donors (Lipinski definition) is 0. The maximum atomic E-state index is 8.84. The highest BCUT2D eigenvalue weighted by Crippen LogP contribution is 2.50. The molecule has 0 radical (unpaired) electrons. The third-order valence-corrected chi connectivity index (χ3v) is 8.89. The molecule has 0 saturated carbocycles. The third-order valence-electron chi connectivity index (χ3n) is 8.89. The highest BCUT2D eigenvalue weighted by Gasteiger charge is 2.24. The van der Waals surface area contributed by atoms with Crippen molar-refractivity contribution in [1.82, 2.24) is 4.57 Å². The molecule has 0 spiro atoms. The summed E-state index contributed by atoms with van der Waals surface area (Å²) in [6.45, 7) is 6.66. The fourth-order valence-corrected chi connectivity index (χ4v) is 6.57. The lowest BCUT2D eigenvalue weighted by molar-refractivity contribution is 0.590. The molecular formula is C42H31N. The molecule has 9 rings (SSSR count).